The molecule has 2 unspecified atom stereocenters. The van der Waals surface area contributed by atoms with Crippen LogP contribution in [0.15, 0.2) is 0 Å². The van der Waals surface area contributed by atoms with E-state index in [1.54, 1.807) is 0 Å². The van der Waals surface area contributed by atoms with Crippen molar-refractivity contribution < 1.29 is 0 Å². The van der Waals surface area contributed by atoms with E-state index in [0.29, 0.717) is 6.04 Å². The highest BCUT2D eigenvalue weighted by atomic mass is 15.3. The maximum absolute atomic E-state index is 3.79. The zero-order valence-corrected chi connectivity index (χ0v) is 12.8. The summed E-state index contributed by atoms with van der Waals surface area (Å²) in [6, 6.07) is 2.37. The normalized spacial score (nSPS) is 31.7. The highest BCUT2D eigenvalue weighted by Crippen LogP contribution is 2.29. The van der Waals surface area contributed by atoms with Gasteiger partial charge in [0.2, 0.25) is 0 Å². The summed E-state index contributed by atoms with van der Waals surface area (Å²) in [6.45, 7) is 11.9. The van der Waals surface area contributed by atoms with Gasteiger partial charge in [-0.25, -0.2) is 0 Å². The van der Waals surface area contributed by atoms with E-state index in [1.165, 1.54) is 45.2 Å². The van der Waals surface area contributed by atoms with Crippen LogP contribution in [0.2, 0.25) is 0 Å². The van der Waals surface area contributed by atoms with Gasteiger partial charge in [-0.15, -0.1) is 0 Å². The summed E-state index contributed by atoms with van der Waals surface area (Å²) in [6.07, 6.45) is 7.15. The van der Waals surface area contributed by atoms with E-state index in [-0.39, 0.29) is 0 Å². The molecule has 2 fully saturated rings. The molecule has 2 rings (SSSR count). The molecule has 0 radical (unpaired) electrons. The highest BCUT2D eigenvalue weighted by Gasteiger charge is 2.34. The minimum atomic E-state index is 0.703. The van der Waals surface area contributed by atoms with Gasteiger partial charge in [0, 0.05) is 31.2 Å². The van der Waals surface area contributed by atoms with Gasteiger partial charge in [-0.1, -0.05) is 40.5 Å². The summed E-state index contributed by atoms with van der Waals surface area (Å²) < 4.78 is 0. The summed E-state index contributed by atoms with van der Waals surface area (Å²) >= 11 is 0. The molecule has 18 heavy (non-hydrogen) atoms. The van der Waals surface area contributed by atoms with Crippen LogP contribution in [0.5, 0.6) is 0 Å². The molecule has 106 valence electrons. The van der Waals surface area contributed by atoms with E-state index in [0.717, 1.165) is 23.9 Å². The molecule has 1 heterocycles. The van der Waals surface area contributed by atoms with Gasteiger partial charge in [0.25, 0.3) is 0 Å². The molecule has 0 bridgehead atoms. The Kier molecular flexibility index (Phi) is 5.08. The quantitative estimate of drug-likeness (QED) is 0.826. The lowest BCUT2D eigenvalue weighted by Gasteiger charge is -2.45. The smallest absolute Gasteiger partial charge is 0.0226 e. The van der Waals surface area contributed by atoms with Crippen LogP contribution in [0, 0.1) is 11.8 Å². The van der Waals surface area contributed by atoms with Crippen LogP contribution in [0.3, 0.4) is 0 Å². The summed E-state index contributed by atoms with van der Waals surface area (Å²) in [5.41, 5.74) is 0. The standard InChI is InChI=1S/C16H32N2/c1-12(2)9-15-10-17-16(13(3)4)11-18(15)14-7-5-6-8-14/h12-17H,5-11H2,1-4H3. The number of hydrogen-bond donors (Lipinski definition) is 1. The van der Waals surface area contributed by atoms with Gasteiger partial charge in [0.1, 0.15) is 0 Å². The average molecular weight is 252 g/mol. The van der Waals surface area contributed by atoms with Crippen molar-refractivity contribution in [3.8, 4) is 0 Å². The van der Waals surface area contributed by atoms with Crippen LogP contribution < -0.4 is 5.32 Å². The maximum Gasteiger partial charge on any atom is 0.0226 e. The molecule has 1 saturated heterocycles. The van der Waals surface area contributed by atoms with Crippen molar-refractivity contribution in [1.82, 2.24) is 10.2 Å². The number of rotatable bonds is 4. The monoisotopic (exact) mass is 252 g/mol. The minimum absolute atomic E-state index is 0.703. The zero-order valence-electron chi connectivity index (χ0n) is 12.8. The van der Waals surface area contributed by atoms with Crippen LogP contribution in [0.4, 0.5) is 0 Å². The molecular weight excluding hydrogens is 220 g/mol. The van der Waals surface area contributed by atoms with Gasteiger partial charge in [0.15, 0.2) is 0 Å². The molecule has 0 aromatic heterocycles. The van der Waals surface area contributed by atoms with Gasteiger partial charge >= 0.3 is 0 Å². The number of nitrogens with zero attached hydrogens (tertiary/aromatic N) is 1. The van der Waals surface area contributed by atoms with Crippen molar-refractivity contribution in [3.05, 3.63) is 0 Å². The molecule has 1 aliphatic carbocycles. The zero-order chi connectivity index (χ0) is 13.1. The molecule has 0 aromatic rings. The Morgan fingerprint density at radius 2 is 1.78 bits per heavy atom. The van der Waals surface area contributed by atoms with Gasteiger partial charge in [-0.2, -0.15) is 0 Å². The van der Waals surface area contributed by atoms with E-state index in [1.807, 2.05) is 0 Å². The van der Waals surface area contributed by atoms with Gasteiger partial charge in [-0.3, -0.25) is 4.90 Å². The third-order valence-corrected chi connectivity index (χ3v) is 4.83. The molecule has 0 spiro atoms. The van der Waals surface area contributed by atoms with Crippen molar-refractivity contribution >= 4 is 0 Å². The van der Waals surface area contributed by atoms with E-state index < -0.39 is 0 Å². The van der Waals surface area contributed by atoms with Gasteiger partial charge < -0.3 is 5.32 Å². The first kappa shape index (κ1) is 14.3. The SMILES string of the molecule is CC(C)CC1CNC(C(C)C)CN1C1CCCC1. The third kappa shape index (κ3) is 3.48. The van der Waals surface area contributed by atoms with Gasteiger partial charge in [-0.05, 0) is 31.1 Å². The number of hydrogen-bond acceptors (Lipinski definition) is 2. The lowest BCUT2D eigenvalue weighted by molar-refractivity contribution is 0.0602. The summed E-state index contributed by atoms with van der Waals surface area (Å²) in [5.74, 6) is 1.57. The second-order valence-electron chi connectivity index (χ2n) is 7.18. The van der Waals surface area contributed by atoms with Crippen LogP contribution in [-0.2, 0) is 0 Å². The van der Waals surface area contributed by atoms with Crippen molar-refractivity contribution in [2.45, 2.75) is 77.9 Å². The largest absolute Gasteiger partial charge is 0.311 e. The Morgan fingerprint density at radius 3 is 2.33 bits per heavy atom. The van der Waals surface area contributed by atoms with Gasteiger partial charge in [0.05, 0.1) is 0 Å². The Labute approximate surface area is 114 Å². The Morgan fingerprint density at radius 1 is 1.11 bits per heavy atom. The van der Waals surface area contributed by atoms with E-state index in [2.05, 4.69) is 37.9 Å². The van der Waals surface area contributed by atoms with Crippen molar-refractivity contribution in [1.29, 1.82) is 0 Å². The van der Waals surface area contributed by atoms with Crippen molar-refractivity contribution in [3.63, 3.8) is 0 Å². The lowest BCUT2D eigenvalue weighted by Crippen LogP contribution is -2.60. The summed E-state index contributed by atoms with van der Waals surface area (Å²) in [7, 11) is 0. The molecule has 2 aliphatic rings. The molecule has 1 aliphatic heterocycles. The molecule has 2 nitrogen and oxygen atoms in total. The first-order chi connectivity index (χ1) is 8.58. The van der Waals surface area contributed by atoms with Crippen molar-refractivity contribution in [2.75, 3.05) is 13.1 Å². The molecule has 2 heteroatoms. The fraction of sp³-hybridized carbons (Fsp3) is 1.00. The first-order valence-corrected chi connectivity index (χ1v) is 8.07. The topological polar surface area (TPSA) is 15.3 Å². The summed E-state index contributed by atoms with van der Waals surface area (Å²) in [4.78, 5) is 2.87. The Bertz CT molecular complexity index is 243. The Hall–Kier alpha value is -0.0800. The van der Waals surface area contributed by atoms with E-state index in [9.17, 15) is 0 Å². The van der Waals surface area contributed by atoms with Crippen LogP contribution in [0.25, 0.3) is 0 Å². The predicted octanol–water partition coefficient (Wildman–Crippen LogP) is 3.27. The van der Waals surface area contributed by atoms with Crippen molar-refractivity contribution in [2.24, 2.45) is 11.8 Å². The maximum atomic E-state index is 3.79. The van der Waals surface area contributed by atoms with Crippen LogP contribution in [0.1, 0.15) is 59.8 Å². The molecule has 0 aromatic carbocycles. The fourth-order valence-electron chi connectivity index (χ4n) is 3.74. The Balaban J connectivity index is 2.00. The molecule has 2 atom stereocenters. The molecule has 1 saturated carbocycles. The number of piperazine rings is 1. The average Bonchev–Trinajstić information content (AvgIpc) is 2.81. The number of nitrogens with one attached hydrogen (secondary N) is 1. The van der Waals surface area contributed by atoms with E-state index in [4.69, 9.17) is 0 Å². The van der Waals surface area contributed by atoms with E-state index >= 15 is 0 Å². The highest BCUT2D eigenvalue weighted by molar-refractivity contribution is 4.92. The minimum Gasteiger partial charge on any atom is -0.311 e. The second-order valence-corrected chi connectivity index (χ2v) is 7.18. The third-order valence-electron chi connectivity index (χ3n) is 4.83. The first-order valence-electron chi connectivity index (χ1n) is 8.07. The van der Waals surface area contributed by atoms with Crippen LogP contribution in [-0.4, -0.2) is 36.1 Å². The summed E-state index contributed by atoms with van der Waals surface area (Å²) in [5, 5.41) is 3.79. The fourth-order valence-corrected chi connectivity index (χ4v) is 3.74. The molecule has 1 N–H and O–H groups in total. The predicted molar refractivity (Wildman–Crippen MR) is 78.8 cm³/mol. The lowest BCUT2D eigenvalue weighted by atomic mass is 9.93. The molecule has 0 amide bonds. The van der Waals surface area contributed by atoms with Crippen LogP contribution >= 0.6 is 0 Å². The second kappa shape index (κ2) is 6.38. The molecular formula is C16H32N2.